The Hall–Kier alpha value is -1.09. The average Bonchev–Trinajstić information content (AvgIpc) is 3.09. The second kappa shape index (κ2) is 6.74. The smallest absolute Gasteiger partial charge is 0.0662 e. The van der Waals surface area contributed by atoms with E-state index in [1.807, 2.05) is 0 Å². The molecule has 1 aliphatic carbocycles. The van der Waals surface area contributed by atoms with Crippen LogP contribution in [0.4, 0.5) is 0 Å². The van der Waals surface area contributed by atoms with Crippen LogP contribution in [0.25, 0.3) is 0 Å². The Balaban J connectivity index is 1.65. The first-order valence-electron chi connectivity index (χ1n) is 7.22. The Morgan fingerprint density at radius 1 is 1.50 bits per heavy atom. The van der Waals surface area contributed by atoms with Crippen LogP contribution in [0, 0.1) is 0 Å². The fourth-order valence-electron chi connectivity index (χ4n) is 1.90. The minimum atomic E-state index is 0.505. The second-order valence-corrected chi connectivity index (χ2v) is 5.24. The van der Waals surface area contributed by atoms with Gasteiger partial charge in [-0.1, -0.05) is 19.1 Å². The summed E-state index contributed by atoms with van der Waals surface area (Å²) in [5, 5.41) is 8.10. The van der Waals surface area contributed by atoms with E-state index in [4.69, 9.17) is 0 Å². The lowest BCUT2D eigenvalue weighted by atomic mass is 10.2. The third-order valence-corrected chi connectivity index (χ3v) is 3.52. The van der Waals surface area contributed by atoms with Gasteiger partial charge in [0, 0.05) is 24.7 Å². The van der Waals surface area contributed by atoms with E-state index in [2.05, 4.69) is 53.4 Å². The van der Waals surface area contributed by atoms with E-state index in [9.17, 15) is 0 Å². The average molecular weight is 247 g/mol. The van der Waals surface area contributed by atoms with Crippen molar-refractivity contribution in [3.63, 3.8) is 0 Å². The highest BCUT2D eigenvalue weighted by atomic mass is 15.3. The summed E-state index contributed by atoms with van der Waals surface area (Å²) >= 11 is 0. The number of nitrogens with one attached hydrogen (secondary N) is 1. The number of rotatable bonds is 8. The van der Waals surface area contributed by atoms with Gasteiger partial charge in [-0.25, -0.2) is 0 Å². The monoisotopic (exact) mass is 247 g/mol. The quantitative estimate of drug-likeness (QED) is 0.565. The van der Waals surface area contributed by atoms with E-state index in [0.717, 1.165) is 31.8 Å². The molecule has 1 atom stereocenters. The van der Waals surface area contributed by atoms with Crippen LogP contribution < -0.4 is 5.32 Å². The third-order valence-electron chi connectivity index (χ3n) is 3.52. The van der Waals surface area contributed by atoms with Crippen molar-refractivity contribution in [2.24, 2.45) is 0 Å². The molecule has 3 nitrogen and oxygen atoms in total. The van der Waals surface area contributed by atoms with Gasteiger partial charge in [-0.15, -0.1) is 0 Å². The Bertz CT molecular complexity index is 377. The van der Waals surface area contributed by atoms with E-state index in [1.54, 1.807) is 0 Å². The standard InChI is InChI=1S/C15H25N3/c1-3-13(2)18-12-10-15(17-18)7-5-4-6-11-16-14-8-9-14/h4-5,10,12-14,16H,3,6-9,11H2,1-2H3. The minimum absolute atomic E-state index is 0.505. The zero-order valence-corrected chi connectivity index (χ0v) is 11.6. The highest BCUT2D eigenvalue weighted by Gasteiger charge is 2.19. The van der Waals surface area contributed by atoms with Crippen molar-refractivity contribution in [1.29, 1.82) is 0 Å². The molecular weight excluding hydrogens is 222 g/mol. The van der Waals surface area contributed by atoms with Crippen molar-refractivity contribution in [1.82, 2.24) is 15.1 Å². The van der Waals surface area contributed by atoms with Crippen LogP contribution in [0.1, 0.15) is 51.3 Å². The first-order chi connectivity index (χ1) is 8.79. The minimum Gasteiger partial charge on any atom is -0.314 e. The SMILES string of the molecule is CCC(C)n1ccc(CC=CCCNC2CC2)n1. The van der Waals surface area contributed by atoms with Gasteiger partial charge in [0.15, 0.2) is 0 Å². The molecule has 1 N–H and O–H groups in total. The summed E-state index contributed by atoms with van der Waals surface area (Å²) in [4.78, 5) is 0. The molecule has 1 fully saturated rings. The first kappa shape index (κ1) is 13.3. The molecule has 1 heterocycles. The molecule has 2 rings (SSSR count). The van der Waals surface area contributed by atoms with Gasteiger partial charge in [0.1, 0.15) is 0 Å². The Kier molecular flexibility index (Phi) is 5.00. The van der Waals surface area contributed by atoms with Crippen molar-refractivity contribution >= 4 is 0 Å². The maximum Gasteiger partial charge on any atom is 0.0662 e. The molecule has 1 saturated carbocycles. The van der Waals surface area contributed by atoms with Crippen LogP contribution in [0.15, 0.2) is 24.4 Å². The van der Waals surface area contributed by atoms with Crippen LogP contribution in [-0.2, 0) is 6.42 Å². The fraction of sp³-hybridized carbons (Fsp3) is 0.667. The lowest BCUT2D eigenvalue weighted by molar-refractivity contribution is 0.474. The van der Waals surface area contributed by atoms with Crippen LogP contribution in [0.3, 0.4) is 0 Å². The summed E-state index contributed by atoms with van der Waals surface area (Å²) in [7, 11) is 0. The van der Waals surface area contributed by atoms with Crippen molar-refractivity contribution in [2.75, 3.05) is 6.54 Å². The number of nitrogens with zero attached hydrogens (tertiary/aromatic N) is 2. The zero-order chi connectivity index (χ0) is 12.8. The Labute approximate surface area is 110 Å². The lowest BCUT2D eigenvalue weighted by Gasteiger charge is -2.07. The van der Waals surface area contributed by atoms with E-state index >= 15 is 0 Å². The number of aromatic nitrogens is 2. The number of hydrogen-bond donors (Lipinski definition) is 1. The predicted octanol–water partition coefficient (Wildman–Crippen LogP) is 3.09. The Morgan fingerprint density at radius 3 is 3.06 bits per heavy atom. The number of hydrogen-bond acceptors (Lipinski definition) is 2. The zero-order valence-electron chi connectivity index (χ0n) is 11.6. The van der Waals surface area contributed by atoms with Gasteiger partial charge < -0.3 is 5.32 Å². The van der Waals surface area contributed by atoms with Crippen molar-refractivity contribution in [3.8, 4) is 0 Å². The molecule has 0 aromatic carbocycles. The molecule has 0 spiro atoms. The number of allylic oxidation sites excluding steroid dienone is 1. The van der Waals surface area contributed by atoms with Gasteiger partial charge in [-0.3, -0.25) is 4.68 Å². The van der Waals surface area contributed by atoms with Gasteiger partial charge >= 0.3 is 0 Å². The fourth-order valence-corrected chi connectivity index (χ4v) is 1.90. The molecule has 1 aromatic heterocycles. The normalized spacial score (nSPS) is 17.4. The van der Waals surface area contributed by atoms with Crippen molar-refractivity contribution in [3.05, 3.63) is 30.1 Å². The highest BCUT2D eigenvalue weighted by Crippen LogP contribution is 2.18. The summed E-state index contributed by atoms with van der Waals surface area (Å²) in [5.74, 6) is 0. The highest BCUT2D eigenvalue weighted by molar-refractivity contribution is 5.05. The molecule has 0 radical (unpaired) electrons. The van der Waals surface area contributed by atoms with Crippen LogP contribution in [-0.4, -0.2) is 22.4 Å². The topological polar surface area (TPSA) is 29.9 Å². The predicted molar refractivity (Wildman–Crippen MR) is 75.7 cm³/mol. The second-order valence-electron chi connectivity index (χ2n) is 5.24. The van der Waals surface area contributed by atoms with Gasteiger partial charge in [0.25, 0.3) is 0 Å². The summed E-state index contributed by atoms with van der Waals surface area (Å²) < 4.78 is 2.07. The van der Waals surface area contributed by atoms with E-state index in [0.29, 0.717) is 6.04 Å². The summed E-state index contributed by atoms with van der Waals surface area (Å²) in [6, 6.07) is 3.45. The van der Waals surface area contributed by atoms with Crippen LogP contribution in [0.5, 0.6) is 0 Å². The molecule has 18 heavy (non-hydrogen) atoms. The molecule has 0 amide bonds. The van der Waals surface area contributed by atoms with Gasteiger partial charge in [0.05, 0.1) is 5.69 Å². The maximum absolute atomic E-state index is 4.59. The molecule has 0 bridgehead atoms. The molecule has 1 unspecified atom stereocenters. The summed E-state index contributed by atoms with van der Waals surface area (Å²) in [5.41, 5.74) is 1.17. The van der Waals surface area contributed by atoms with Gasteiger partial charge in [-0.2, -0.15) is 5.10 Å². The van der Waals surface area contributed by atoms with Crippen molar-refractivity contribution < 1.29 is 0 Å². The van der Waals surface area contributed by atoms with E-state index < -0.39 is 0 Å². The molecule has 1 aliphatic rings. The largest absolute Gasteiger partial charge is 0.314 e. The summed E-state index contributed by atoms with van der Waals surface area (Å²) in [6.45, 7) is 5.51. The lowest BCUT2D eigenvalue weighted by Crippen LogP contribution is -2.16. The molecular formula is C15H25N3. The molecule has 0 saturated heterocycles. The van der Waals surface area contributed by atoms with Crippen molar-refractivity contribution in [2.45, 2.75) is 58.0 Å². The maximum atomic E-state index is 4.59. The Morgan fingerprint density at radius 2 is 2.33 bits per heavy atom. The summed E-state index contributed by atoms with van der Waals surface area (Å²) in [6.07, 6.45) is 12.5. The van der Waals surface area contributed by atoms with E-state index in [1.165, 1.54) is 18.5 Å². The van der Waals surface area contributed by atoms with Crippen LogP contribution >= 0.6 is 0 Å². The van der Waals surface area contributed by atoms with Crippen LogP contribution in [0.2, 0.25) is 0 Å². The molecule has 0 aliphatic heterocycles. The third kappa shape index (κ3) is 4.30. The van der Waals surface area contributed by atoms with Gasteiger partial charge in [0.2, 0.25) is 0 Å². The van der Waals surface area contributed by atoms with Gasteiger partial charge in [-0.05, 0) is 45.2 Å². The molecule has 1 aromatic rings. The first-order valence-corrected chi connectivity index (χ1v) is 7.22. The van der Waals surface area contributed by atoms with E-state index in [-0.39, 0.29) is 0 Å². The molecule has 100 valence electrons. The molecule has 3 heteroatoms.